The standard InChI is InChI=1S/C43H56ClN5O7Si/c1-57(2,3)28-27-55-30-49-38-29-37(44)39(45-40(38)46-43(49)56-34-7-6-8-34)33-13-11-31(12-14-33)32-15-17-47(18-16-32)19-21-52-23-25-54-26-24-53-22-20-48-41(50)35-9-4-5-10-36(35)42(48)51/h4-5,9-14,29,32,34H,6-8,15-28,30H2,1-3H3. The van der Waals surface area contributed by atoms with E-state index in [2.05, 4.69) is 48.8 Å². The van der Waals surface area contributed by atoms with E-state index >= 15 is 0 Å². The molecule has 0 N–H and O–H groups in total. The number of nitrogens with zero attached hydrogens (tertiary/aromatic N) is 5. The second kappa shape index (κ2) is 19.4. The molecule has 2 aromatic carbocycles. The Morgan fingerprint density at radius 3 is 2.00 bits per heavy atom. The lowest BCUT2D eigenvalue weighted by atomic mass is 9.89. The summed E-state index contributed by atoms with van der Waals surface area (Å²) in [7, 11) is -1.20. The van der Waals surface area contributed by atoms with Gasteiger partial charge in [-0.2, -0.15) is 4.98 Å². The van der Waals surface area contributed by atoms with E-state index in [4.69, 9.17) is 45.3 Å². The van der Waals surface area contributed by atoms with E-state index in [0.717, 1.165) is 68.1 Å². The Labute approximate surface area is 341 Å². The number of aromatic nitrogens is 3. The number of carbonyl (C=O) groups is 2. The lowest BCUT2D eigenvalue weighted by Crippen LogP contribution is -2.35. The quantitative estimate of drug-likeness (QED) is 0.0475. The van der Waals surface area contributed by atoms with E-state index < -0.39 is 8.07 Å². The average molecular weight is 818 g/mol. The number of benzene rings is 2. The summed E-state index contributed by atoms with van der Waals surface area (Å²) in [6.07, 6.45) is 5.66. The topological polar surface area (TPSA) is 117 Å². The normalized spacial score (nSPS) is 16.8. The van der Waals surface area contributed by atoms with E-state index in [-0.39, 0.29) is 31.1 Å². The summed E-state index contributed by atoms with van der Waals surface area (Å²) in [4.78, 5) is 38.3. The van der Waals surface area contributed by atoms with E-state index in [1.165, 1.54) is 16.9 Å². The fourth-order valence-corrected chi connectivity index (χ4v) is 8.34. The van der Waals surface area contributed by atoms with Gasteiger partial charge >= 0.3 is 6.01 Å². The van der Waals surface area contributed by atoms with Crippen LogP contribution >= 0.6 is 11.6 Å². The van der Waals surface area contributed by atoms with Crippen molar-refractivity contribution in [2.24, 2.45) is 0 Å². The third-order valence-electron chi connectivity index (χ3n) is 11.1. The number of amides is 2. The number of hydrogen-bond donors (Lipinski definition) is 0. The van der Waals surface area contributed by atoms with Crippen molar-refractivity contribution in [1.29, 1.82) is 0 Å². The van der Waals surface area contributed by atoms with Crippen molar-refractivity contribution in [2.75, 3.05) is 72.4 Å². The number of fused-ring (bicyclic) bond motifs is 2. The molecule has 0 bridgehead atoms. The molecule has 14 heteroatoms. The number of hydrogen-bond acceptors (Lipinski definition) is 10. The number of imide groups is 1. The molecule has 4 heterocycles. The maximum absolute atomic E-state index is 12.4. The summed E-state index contributed by atoms with van der Waals surface area (Å²) >= 11 is 6.90. The van der Waals surface area contributed by atoms with Gasteiger partial charge in [0.15, 0.2) is 5.65 Å². The Morgan fingerprint density at radius 2 is 1.39 bits per heavy atom. The van der Waals surface area contributed by atoms with Gasteiger partial charge in [-0.1, -0.05) is 67.6 Å². The number of halogens is 1. The highest BCUT2D eigenvalue weighted by Crippen LogP contribution is 2.35. The van der Waals surface area contributed by atoms with E-state index in [0.29, 0.717) is 80.1 Å². The van der Waals surface area contributed by atoms with Crippen LogP contribution in [0, 0.1) is 0 Å². The molecule has 12 nitrogen and oxygen atoms in total. The molecule has 3 aliphatic rings. The Bertz CT molecular complexity index is 1940. The number of piperidine rings is 1. The molecule has 306 valence electrons. The maximum atomic E-state index is 12.4. The monoisotopic (exact) mass is 817 g/mol. The Morgan fingerprint density at radius 1 is 0.754 bits per heavy atom. The van der Waals surface area contributed by atoms with Crippen LogP contribution in [0.15, 0.2) is 54.6 Å². The van der Waals surface area contributed by atoms with E-state index in [1.54, 1.807) is 24.3 Å². The fraction of sp³-hybridized carbons (Fsp3) is 0.535. The van der Waals surface area contributed by atoms with Gasteiger partial charge in [0, 0.05) is 26.8 Å². The van der Waals surface area contributed by atoms with Gasteiger partial charge in [0.05, 0.1) is 73.5 Å². The number of imidazole rings is 1. The summed E-state index contributed by atoms with van der Waals surface area (Å²) < 4.78 is 31.4. The van der Waals surface area contributed by atoms with Gasteiger partial charge in [-0.3, -0.25) is 19.1 Å². The predicted octanol–water partition coefficient (Wildman–Crippen LogP) is 7.52. The van der Waals surface area contributed by atoms with Crippen LogP contribution in [0.4, 0.5) is 0 Å². The summed E-state index contributed by atoms with van der Waals surface area (Å²) in [6, 6.07) is 19.2. The first-order valence-electron chi connectivity index (χ1n) is 20.5. The van der Waals surface area contributed by atoms with Crippen molar-refractivity contribution >= 4 is 42.7 Å². The molecule has 2 fully saturated rings. The summed E-state index contributed by atoms with van der Waals surface area (Å²) in [5.41, 5.74) is 5.39. The van der Waals surface area contributed by atoms with Crippen LogP contribution in [-0.2, 0) is 25.7 Å². The molecular weight excluding hydrogens is 762 g/mol. The average Bonchev–Trinajstić information content (AvgIpc) is 3.64. The Balaban J connectivity index is 0.793. The smallest absolute Gasteiger partial charge is 0.301 e. The zero-order valence-electron chi connectivity index (χ0n) is 33.6. The van der Waals surface area contributed by atoms with Crippen LogP contribution in [0.3, 0.4) is 0 Å². The van der Waals surface area contributed by atoms with Crippen molar-refractivity contribution in [1.82, 2.24) is 24.3 Å². The van der Waals surface area contributed by atoms with Crippen LogP contribution in [0.5, 0.6) is 6.01 Å². The first-order valence-corrected chi connectivity index (χ1v) is 24.6. The lowest BCUT2D eigenvalue weighted by Gasteiger charge is -2.32. The second-order valence-corrected chi connectivity index (χ2v) is 22.4. The SMILES string of the molecule is C[Si](C)(C)CCOCn1c(OC2CCC2)nc2nc(-c3ccc(C4CCN(CCOCCOCCOCCN5C(=O)c6ccccc6C5=O)CC4)cc3)c(Cl)cc21. The highest BCUT2D eigenvalue weighted by Gasteiger charge is 2.34. The zero-order valence-corrected chi connectivity index (χ0v) is 35.3. The van der Waals surface area contributed by atoms with Crippen LogP contribution in [0.25, 0.3) is 22.4 Å². The largest absolute Gasteiger partial charge is 0.461 e. The van der Waals surface area contributed by atoms with Crippen LogP contribution in [0.2, 0.25) is 30.7 Å². The molecule has 0 unspecified atom stereocenters. The summed E-state index contributed by atoms with van der Waals surface area (Å²) in [5, 5.41) is 0.583. The second-order valence-electron chi connectivity index (χ2n) is 16.4. The Kier molecular flexibility index (Phi) is 14.1. The molecule has 4 aromatic rings. The number of pyridine rings is 1. The highest BCUT2D eigenvalue weighted by atomic mass is 35.5. The van der Waals surface area contributed by atoms with Crippen molar-refractivity contribution in [3.8, 4) is 17.3 Å². The molecule has 0 spiro atoms. The van der Waals surface area contributed by atoms with E-state index in [1.807, 2.05) is 10.6 Å². The highest BCUT2D eigenvalue weighted by molar-refractivity contribution is 6.76. The Hall–Kier alpha value is -3.69. The summed E-state index contributed by atoms with van der Waals surface area (Å²) in [6.45, 7) is 14.1. The first kappa shape index (κ1) is 41.5. The molecule has 1 saturated heterocycles. The van der Waals surface area contributed by atoms with Gasteiger partial charge < -0.3 is 28.6 Å². The predicted molar refractivity (Wildman–Crippen MR) is 223 cm³/mol. The number of carbonyl (C=O) groups excluding carboxylic acids is 2. The molecule has 0 radical (unpaired) electrons. The molecule has 0 atom stereocenters. The molecule has 2 aromatic heterocycles. The van der Waals surface area contributed by atoms with Crippen molar-refractivity contribution < 1.29 is 33.3 Å². The van der Waals surface area contributed by atoms with Gasteiger partial charge in [-0.15, -0.1) is 0 Å². The number of rotatable bonds is 21. The van der Waals surface area contributed by atoms with Gasteiger partial charge in [0.1, 0.15) is 12.8 Å². The molecule has 57 heavy (non-hydrogen) atoms. The number of ether oxygens (including phenoxy) is 5. The summed E-state index contributed by atoms with van der Waals surface area (Å²) in [5.74, 6) is -0.0206. The van der Waals surface area contributed by atoms with Crippen LogP contribution in [0.1, 0.15) is 64.3 Å². The minimum atomic E-state index is -1.20. The van der Waals surface area contributed by atoms with Gasteiger partial charge in [0.25, 0.3) is 11.8 Å². The fourth-order valence-electron chi connectivity index (χ4n) is 7.33. The van der Waals surface area contributed by atoms with Crippen molar-refractivity contribution in [2.45, 2.75) is 76.5 Å². The van der Waals surface area contributed by atoms with Crippen molar-refractivity contribution in [3.05, 3.63) is 76.3 Å². The number of likely N-dealkylation sites (tertiary alicyclic amines) is 1. The third-order valence-corrected chi connectivity index (χ3v) is 13.1. The maximum Gasteiger partial charge on any atom is 0.301 e. The van der Waals surface area contributed by atoms with E-state index in [9.17, 15) is 9.59 Å². The van der Waals surface area contributed by atoms with Crippen LogP contribution < -0.4 is 4.74 Å². The molecule has 1 saturated carbocycles. The molecular formula is C43H56ClN5O7Si. The van der Waals surface area contributed by atoms with Gasteiger partial charge in [0.2, 0.25) is 0 Å². The molecule has 1 aliphatic carbocycles. The lowest BCUT2D eigenvalue weighted by molar-refractivity contribution is 0.00688. The molecule has 2 amide bonds. The minimum Gasteiger partial charge on any atom is -0.461 e. The van der Waals surface area contributed by atoms with Gasteiger partial charge in [-0.05, 0) is 80.9 Å². The molecule has 7 rings (SSSR count). The third kappa shape index (κ3) is 10.7. The first-order chi connectivity index (χ1) is 27.6. The van der Waals surface area contributed by atoms with Gasteiger partial charge in [-0.25, -0.2) is 4.98 Å². The zero-order chi connectivity index (χ0) is 39.8. The van der Waals surface area contributed by atoms with Crippen molar-refractivity contribution in [3.63, 3.8) is 0 Å². The molecule has 2 aliphatic heterocycles. The van der Waals surface area contributed by atoms with Crippen LogP contribution in [-0.4, -0.2) is 123 Å². The minimum absolute atomic E-state index is 0.192.